The zero-order valence-electron chi connectivity index (χ0n) is 18.3. The first-order valence-corrected chi connectivity index (χ1v) is 10.7. The van der Waals surface area contributed by atoms with Gasteiger partial charge in [-0.1, -0.05) is 38.3 Å². The standard InChI is InChI=1S/C24H29FN2O4/c1-4-20-16(2)14-19(22(29)27(20)15-17-8-10-18(25)11-9-17)21(28)26-24(23(30)31-3)12-6-5-7-13-24/h8-11,14H,4-7,12-13,15H2,1-3H3,(H,26,28). The van der Waals surface area contributed by atoms with Gasteiger partial charge in [-0.25, -0.2) is 9.18 Å². The lowest BCUT2D eigenvalue weighted by Gasteiger charge is -2.35. The molecule has 1 saturated carbocycles. The maximum Gasteiger partial charge on any atom is 0.331 e. The van der Waals surface area contributed by atoms with Gasteiger partial charge in [0.25, 0.3) is 11.5 Å². The van der Waals surface area contributed by atoms with E-state index in [4.69, 9.17) is 4.74 Å². The number of hydrogen-bond donors (Lipinski definition) is 1. The number of carbonyl (C=O) groups is 2. The Morgan fingerprint density at radius 3 is 2.39 bits per heavy atom. The number of ether oxygens (including phenoxy) is 1. The van der Waals surface area contributed by atoms with Gasteiger partial charge < -0.3 is 14.6 Å². The Labute approximate surface area is 181 Å². The largest absolute Gasteiger partial charge is 0.467 e. The molecule has 166 valence electrons. The predicted octanol–water partition coefficient (Wildman–Crippen LogP) is 3.51. The molecule has 6 nitrogen and oxygen atoms in total. The molecule has 1 aromatic carbocycles. The lowest BCUT2D eigenvalue weighted by atomic mass is 9.81. The van der Waals surface area contributed by atoms with Crippen LogP contribution in [0.3, 0.4) is 0 Å². The summed E-state index contributed by atoms with van der Waals surface area (Å²) in [6.45, 7) is 4.02. The van der Waals surface area contributed by atoms with E-state index in [2.05, 4.69) is 5.32 Å². The average Bonchev–Trinajstić information content (AvgIpc) is 2.77. The van der Waals surface area contributed by atoms with Crippen molar-refractivity contribution in [3.8, 4) is 0 Å². The third-order valence-electron chi connectivity index (χ3n) is 6.09. The summed E-state index contributed by atoms with van der Waals surface area (Å²) in [5.41, 5.74) is 0.839. The summed E-state index contributed by atoms with van der Waals surface area (Å²) >= 11 is 0. The van der Waals surface area contributed by atoms with Gasteiger partial charge in [-0.15, -0.1) is 0 Å². The molecule has 0 unspecified atom stereocenters. The number of esters is 1. The number of hydrogen-bond acceptors (Lipinski definition) is 4. The Kier molecular flexibility index (Phi) is 6.93. The molecule has 1 amide bonds. The highest BCUT2D eigenvalue weighted by molar-refractivity contribution is 5.98. The molecule has 7 heteroatoms. The van der Waals surface area contributed by atoms with Crippen LogP contribution in [-0.2, 0) is 22.5 Å². The van der Waals surface area contributed by atoms with Crippen LogP contribution in [0.4, 0.5) is 4.39 Å². The van der Waals surface area contributed by atoms with Crippen molar-refractivity contribution in [2.75, 3.05) is 7.11 Å². The van der Waals surface area contributed by atoms with Gasteiger partial charge in [0.05, 0.1) is 13.7 Å². The Morgan fingerprint density at radius 2 is 1.81 bits per heavy atom. The Bertz CT molecular complexity index is 1020. The van der Waals surface area contributed by atoms with Crippen LogP contribution in [0.1, 0.15) is 66.2 Å². The van der Waals surface area contributed by atoms with Gasteiger partial charge >= 0.3 is 5.97 Å². The highest BCUT2D eigenvalue weighted by atomic mass is 19.1. The summed E-state index contributed by atoms with van der Waals surface area (Å²) in [6, 6.07) is 7.53. The van der Waals surface area contributed by atoms with Gasteiger partial charge in [0.15, 0.2) is 0 Å². The van der Waals surface area contributed by atoms with Gasteiger partial charge in [0.1, 0.15) is 16.9 Å². The van der Waals surface area contributed by atoms with Crippen molar-refractivity contribution in [3.63, 3.8) is 0 Å². The van der Waals surface area contributed by atoms with Gasteiger partial charge in [-0.05, 0) is 55.5 Å². The summed E-state index contributed by atoms with van der Waals surface area (Å²) in [4.78, 5) is 39.0. The fraction of sp³-hybridized carbons (Fsp3) is 0.458. The van der Waals surface area contributed by atoms with Crippen LogP contribution in [0.15, 0.2) is 35.1 Å². The van der Waals surface area contributed by atoms with Crippen molar-refractivity contribution in [1.82, 2.24) is 9.88 Å². The first kappa shape index (κ1) is 22.7. The fourth-order valence-electron chi connectivity index (χ4n) is 4.43. The summed E-state index contributed by atoms with van der Waals surface area (Å²) in [5.74, 6) is -1.40. The summed E-state index contributed by atoms with van der Waals surface area (Å²) < 4.78 is 19.8. The molecule has 0 aliphatic heterocycles. The summed E-state index contributed by atoms with van der Waals surface area (Å²) in [7, 11) is 1.31. The number of benzene rings is 1. The third-order valence-corrected chi connectivity index (χ3v) is 6.09. The number of rotatable bonds is 6. The lowest BCUT2D eigenvalue weighted by Crippen LogP contribution is -2.57. The van der Waals surface area contributed by atoms with Crippen LogP contribution in [0.5, 0.6) is 0 Å². The van der Waals surface area contributed by atoms with Crippen LogP contribution in [0, 0.1) is 12.7 Å². The van der Waals surface area contributed by atoms with Crippen molar-refractivity contribution >= 4 is 11.9 Å². The van der Waals surface area contributed by atoms with Gasteiger partial charge in [0.2, 0.25) is 0 Å². The molecule has 1 heterocycles. The molecule has 3 rings (SSSR count). The van der Waals surface area contributed by atoms with Crippen LogP contribution in [-0.4, -0.2) is 29.1 Å². The van der Waals surface area contributed by atoms with E-state index in [1.54, 1.807) is 22.8 Å². The van der Waals surface area contributed by atoms with E-state index in [1.807, 2.05) is 13.8 Å². The molecule has 0 spiro atoms. The molecule has 1 aromatic heterocycles. The molecule has 0 saturated heterocycles. The van der Waals surface area contributed by atoms with Crippen molar-refractivity contribution in [1.29, 1.82) is 0 Å². The Hall–Kier alpha value is -2.96. The number of nitrogens with zero attached hydrogens (tertiary/aromatic N) is 1. The number of aromatic nitrogens is 1. The lowest BCUT2D eigenvalue weighted by molar-refractivity contribution is -0.149. The number of nitrogens with one attached hydrogen (secondary N) is 1. The quantitative estimate of drug-likeness (QED) is 0.715. The molecule has 1 fully saturated rings. The zero-order chi connectivity index (χ0) is 22.6. The Balaban J connectivity index is 1.99. The van der Waals surface area contributed by atoms with Crippen molar-refractivity contribution in [3.05, 3.63) is 68.9 Å². The predicted molar refractivity (Wildman–Crippen MR) is 116 cm³/mol. The molecule has 0 atom stereocenters. The number of halogens is 1. The second-order valence-corrected chi connectivity index (χ2v) is 8.15. The molecule has 0 bridgehead atoms. The second-order valence-electron chi connectivity index (χ2n) is 8.15. The summed E-state index contributed by atoms with van der Waals surface area (Å²) in [6.07, 6.45) is 4.18. The highest BCUT2D eigenvalue weighted by Crippen LogP contribution is 2.29. The zero-order valence-corrected chi connectivity index (χ0v) is 18.3. The Morgan fingerprint density at radius 1 is 1.16 bits per heavy atom. The maximum atomic E-state index is 13.3. The van der Waals surface area contributed by atoms with E-state index >= 15 is 0 Å². The van der Waals surface area contributed by atoms with Crippen LogP contribution < -0.4 is 10.9 Å². The van der Waals surface area contributed by atoms with Crippen LogP contribution in [0.25, 0.3) is 0 Å². The van der Waals surface area contributed by atoms with Crippen molar-refractivity contribution in [2.24, 2.45) is 0 Å². The summed E-state index contributed by atoms with van der Waals surface area (Å²) in [5, 5.41) is 2.83. The monoisotopic (exact) mass is 428 g/mol. The molecule has 0 radical (unpaired) electrons. The minimum absolute atomic E-state index is 0.00865. The van der Waals surface area contributed by atoms with Gasteiger partial charge in [-0.2, -0.15) is 0 Å². The first-order valence-electron chi connectivity index (χ1n) is 10.7. The second kappa shape index (κ2) is 9.45. The maximum absolute atomic E-state index is 13.3. The minimum Gasteiger partial charge on any atom is -0.467 e. The smallest absolute Gasteiger partial charge is 0.331 e. The minimum atomic E-state index is -1.10. The number of methoxy groups -OCH3 is 1. The van der Waals surface area contributed by atoms with Crippen LogP contribution >= 0.6 is 0 Å². The fourth-order valence-corrected chi connectivity index (χ4v) is 4.43. The topological polar surface area (TPSA) is 77.4 Å². The number of aryl methyl sites for hydroxylation is 1. The average molecular weight is 429 g/mol. The van der Waals surface area contributed by atoms with Crippen LogP contribution in [0.2, 0.25) is 0 Å². The SMILES string of the molecule is CCc1c(C)cc(C(=O)NC2(C(=O)OC)CCCCC2)c(=O)n1Cc1ccc(F)cc1. The molecule has 31 heavy (non-hydrogen) atoms. The van der Waals surface area contributed by atoms with Gasteiger partial charge in [-0.3, -0.25) is 9.59 Å². The molecule has 1 N–H and O–H groups in total. The van der Waals surface area contributed by atoms with Crippen molar-refractivity contribution in [2.45, 2.75) is 64.5 Å². The van der Waals surface area contributed by atoms with Gasteiger partial charge in [0, 0.05) is 5.69 Å². The molecule has 2 aromatic rings. The normalized spacial score (nSPS) is 15.4. The van der Waals surface area contributed by atoms with E-state index in [-0.39, 0.29) is 17.9 Å². The van der Waals surface area contributed by atoms with E-state index < -0.39 is 23.0 Å². The van der Waals surface area contributed by atoms with E-state index in [9.17, 15) is 18.8 Å². The number of amides is 1. The number of pyridine rings is 1. The first-order chi connectivity index (χ1) is 14.8. The highest BCUT2D eigenvalue weighted by Gasteiger charge is 2.42. The van der Waals surface area contributed by atoms with Crippen molar-refractivity contribution < 1.29 is 18.7 Å². The third kappa shape index (κ3) is 4.70. The number of carbonyl (C=O) groups excluding carboxylic acids is 2. The molecule has 1 aliphatic rings. The molecular formula is C24H29FN2O4. The van der Waals surface area contributed by atoms with E-state index in [1.165, 1.54) is 19.2 Å². The molecular weight excluding hydrogens is 399 g/mol. The van der Waals surface area contributed by atoms with E-state index in [0.717, 1.165) is 36.1 Å². The van der Waals surface area contributed by atoms with E-state index in [0.29, 0.717) is 19.3 Å². The molecule has 1 aliphatic carbocycles.